The van der Waals surface area contributed by atoms with E-state index in [1.165, 1.54) is 0 Å². The SMILES string of the molecule is O=C1CC2(CCN(C(=O)c3cc4ccccc4s3)CC2)OCCN1. The Morgan fingerprint density at radius 2 is 2.04 bits per heavy atom. The molecule has 1 aromatic heterocycles. The summed E-state index contributed by atoms with van der Waals surface area (Å²) >= 11 is 1.54. The van der Waals surface area contributed by atoms with Gasteiger partial charge in [-0.25, -0.2) is 0 Å². The largest absolute Gasteiger partial charge is 0.372 e. The molecule has 0 aliphatic carbocycles. The first-order valence-corrected chi connectivity index (χ1v) is 9.15. The third-order valence-electron chi connectivity index (χ3n) is 4.91. The van der Waals surface area contributed by atoms with Crippen LogP contribution in [0.5, 0.6) is 0 Å². The minimum atomic E-state index is -0.391. The summed E-state index contributed by atoms with van der Waals surface area (Å²) in [5.41, 5.74) is -0.391. The molecule has 126 valence electrons. The zero-order valence-corrected chi connectivity index (χ0v) is 14.2. The van der Waals surface area contributed by atoms with E-state index in [1.54, 1.807) is 11.3 Å². The highest BCUT2D eigenvalue weighted by Crippen LogP contribution is 2.33. The van der Waals surface area contributed by atoms with Crippen molar-refractivity contribution in [2.75, 3.05) is 26.2 Å². The number of carbonyl (C=O) groups is 2. The topological polar surface area (TPSA) is 58.6 Å². The standard InChI is InChI=1S/C18H20N2O3S/c21-16-12-18(23-10-7-19-16)5-8-20(9-6-18)17(22)15-11-13-3-1-2-4-14(13)24-15/h1-4,11H,5-10,12H2,(H,19,21). The number of benzene rings is 1. The zero-order valence-electron chi connectivity index (χ0n) is 13.4. The number of nitrogens with one attached hydrogen (secondary N) is 1. The Morgan fingerprint density at radius 1 is 1.25 bits per heavy atom. The van der Waals surface area contributed by atoms with E-state index < -0.39 is 5.60 Å². The molecule has 2 aliphatic heterocycles. The molecule has 1 aromatic carbocycles. The van der Waals surface area contributed by atoms with Crippen molar-refractivity contribution in [2.24, 2.45) is 0 Å². The number of thiophene rings is 1. The maximum absolute atomic E-state index is 12.8. The van der Waals surface area contributed by atoms with Crippen LogP contribution in [0, 0.1) is 0 Å². The number of nitrogens with zero attached hydrogens (tertiary/aromatic N) is 1. The summed E-state index contributed by atoms with van der Waals surface area (Å²) in [6.07, 6.45) is 1.84. The molecule has 0 saturated carbocycles. The van der Waals surface area contributed by atoms with Crippen LogP contribution in [0.2, 0.25) is 0 Å². The molecule has 0 atom stereocenters. The van der Waals surface area contributed by atoms with Crippen LogP contribution in [0.3, 0.4) is 0 Å². The molecular formula is C18H20N2O3S. The average Bonchev–Trinajstić information content (AvgIpc) is 2.95. The Bertz CT molecular complexity index is 744. The van der Waals surface area contributed by atoms with Crippen molar-refractivity contribution in [3.8, 4) is 0 Å². The van der Waals surface area contributed by atoms with Crippen molar-refractivity contribution in [1.82, 2.24) is 10.2 Å². The predicted molar refractivity (Wildman–Crippen MR) is 93.3 cm³/mol. The molecule has 24 heavy (non-hydrogen) atoms. The van der Waals surface area contributed by atoms with Gasteiger partial charge in [-0.2, -0.15) is 0 Å². The quantitative estimate of drug-likeness (QED) is 0.864. The lowest BCUT2D eigenvalue weighted by Gasteiger charge is -2.40. The molecular weight excluding hydrogens is 324 g/mol. The highest BCUT2D eigenvalue weighted by atomic mass is 32.1. The van der Waals surface area contributed by atoms with Gasteiger partial charge in [0.15, 0.2) is 0 Å². The van der Waals surface area contributed by atoms with Crippen molar-refractivity contribution in [3.05, 3.63) is 35.2 Å². The summed E-state index contributed by atoms with van der Waals surface area (Å²) in [6.45, 7) is 2.40. The first kappa shape index (κ1) is 15.6. The van der Waals surface area contributed by atoms with Gasteiger partial charge in [-0.3, -0.25) is 9.59 Å². The van der Waals surface area contributed by atoms with E-state index in [0.717, 1.165) is 27.8 Å². The van der Waals surface area contributed by atoms with Crippen LogP contribution in [0.25, 0.3) is 10.1 Å². The number of rotatable bonds is 1. The first-order valence-electron chi connectivity index (χ1n) is 8.34. The van der Waals surface area contributed by atoms with Crippen LogP contribution >= 0.6 is 11.3 Å². The second-order valence-electron chi connectivity index (χ2n) is 6.50. The summed E-state index contributed by atoms with van der Waals surface area (Å²) in [6, 6.07) is 10.0. The molecule has 1 N–H and O–H groups in total. The van der Waals surface area contributed by atoms with Gasteiger partial charge in [-0.05, 0) is 30.4 Å². The maximum Gasteiger partial charge on any atom is 0.263 e. The number of amides is 2. The second-order valence-corrected chi connectivity index (χ2v) is 7.58. The Hall–Kier alpha value is -1.92. The number of ether oxygens (including phenoxy) is 1. The molecule has 1 spiro atoms. The fourth-order valence-electron chi connectivity index (χ4n) is 3.55. The highest BCUT2D eigenvalue weighted by molar-refractivity contribution is 7.20. The number of piperidine rings is 1. The Balaban J connectivity index is 1.47. The monoisotopic (exact) mass is 344 g/mol. The van der Waals surface area contributed by atoms with Gasteiger partial charge in [0.25, 0.3) is 5.91 Å². The van der Waals surface area contributed by atoms with Crippen LogP contribution < -0.4 is 5.32 Å². The van der Waals surface area contributed by atoms with Crippen LogP contribution in [-0.4, -0.2) is 48.6 Å². The number of hydrogen-bond acceptors (Lipinski definition) is 4. The lowest BCUT2D eigenvalue weighted by Crippen LogP contribution is -2.48. The molecule has 6 heteroatoms. The zero-order chi connectivity index (χ0) is 16.6. The van der Waals surface area contributed by atoms with Crippen molar-refractivity contribution in [1.29, 1.82) is 0 Å². The van der Waals surface area contributed by atoms with Gasteiger partial charge in [-0.1, -0.05) is 18.2 Å². The molecule has 2 fully saturated rings. The highest BCUT2D eigenvalue weighted by Gasteiger charge is 2.40. The Kier molecular flexibility index (Phi) is 4.02. The van der Waals surface area contributed by atoms with E-state index in [0.29, 0.717) is 32.7 Å². The van der Waals surface area contributed by atoms with Gasteiger partial charge in [0.2, 0.25) is 5.91 Å². The van der Waals surface area contributed by atoms with Gasteiger partial charge in [0.1, 0.15) is 0 Å². The van der Waals surface area contributed by atoms with Crippen LogP contribution in [0.1, 0.15) is 28.9 Å². The molecule has 0 bridgehead atoms. The van der Waals surface area contributed by atoms with E-state index in [9.17, 15) is 9.59 Å². The van der Waals surface area contributed by atoms with E-state index in [1.807, 2.05) is 35.2 Å². The van der Waals surface area contributed by atoms with Crippen molar-refractivity contribution < 1.29 is 14.3 Å². The Labute approximate surface area is 144 Å². The molecule has 2 aromatic rings. The fourth-order valence-corrected chi connectivity index (χ4v) is 4.58. The molecule has 0 radical (unpaired) electrons. The lowest BCUT2D eigenvalue weighted by atomic mass is 9.87. The van der Waals surface area contributed by atoms with Gasteiger partial charge >= 0.3 is 0 Å². The number of hydrogen-bond donors (Lipinski definition) is 1. The number of fused-ring (bicyclic) bond motifs is 1. The lowest BCUT2D eigenvalue weighted by molar-refractivity contribution is -0.127. The average molecular weight is 344 g/mol. The third-order valence-corrected chi connectivity index (χ3v) is 6.02. The van der Waals surface area contributed by atoms with Gasteiger partial charge < -0.3 is 15.0 Å². The molecule has 2 saturated heterocycles. The predicted octanol–water partition coefficient (Wildman–Crippen LogP) is 2.41. The van der Waals surface area contributed by atoms with Crippen LogP contribution in [-0.2, 0) is 9.53 Å². The molecule has 5 nitrogen and oxygen atoms in total. The summed E-state index contributed by atoms with van der Waals surface area (Å²) in [7, 11) is 0. The first-order chi connectivity index (χ1) is 11.7. The van der Waals surface area contributed by atoms with E-state index in [-0.39, 0.29) is 11.8 Å². The van der Waals surface area contributed by atoms with Gasteiger partial charge in [0.05, 0.1) is 23.5 Å². The normalized spacial score (nSPS) is 20.8. The molecule has 4 rings (SSSR count). The summed E-state index contributed by atoms with van der Waals surface area (Å²) in [4.78, 5) is 27.3. The minimum Gasteiger partial charge on any atom is -0.372 e. The van der Waals surface area contributed by atoms with Crippen molar-refractivity contribution in [3.63, 3.8) is 0 Å². The van der Waals surface area contributed by atoms with Crippen LogP contribution in [0.4, 0.5) is 0 Å². The van der Waals surface area contributed by atoms with E-state index in [4.69, 9.17) is 4.74 Å². The Morgan fingerprint density at radius 3 is 2.83 bits per heavy atom. The smallest absolute Gasteiger partial charge is 0.263 e. The molecule has 2 amide bonds. The summed E-state index contributed by atoms with van der Waals surface area (Å²) in [5, 5.41) is 3.96. The van der Waals surface area contributed by atoms with Crippen LogP contribution in [0.15, 0.2) is 30.3 Å². The number of carbonyl (C=O) groups excluding carboxylic acids is 2. The third kappa shape index (κ3) is 2.91. The summed E-state index contributed by atoms with van der Waals surface area (Å²) < 4.78 is 7.10. The maximum atomic E-state index is 12.8. The molecule has 0 unspecified atom stereocenters. The van der Waals surface area contributed by atoms with E-state index in [2.05, 4.69) is 5.32 Å². The summed E-state index contributed by atoms with van der Waals surface area (Å²) in [5.74, 6) is 0.140. The molecule has 2 aliphatic rings. The van der Waals surface area contributed by atoms with Crippen molar-refractivity contribution in [2.45, 2.75) is 24.9 Å². The van der Waals surface area contributed by atoms with E-state index >= 15 is 0 Å². The second kappa shape index (κ2) is 6.18. The number of likely N-dealkylation sites (tertiary alicyclic amines) is 1. The van der Waals surface area contributed by atoms with Crippen molar-refractivity contribution >= 4 is 33.2 Å². The fraction of sp³-hybridized carbons (Fsp3) is 0.444. The minimum absolute atomic E-state index is 0.0526. The van der Waals surface area contributed by atoms with Gasteiger partial charge in [-0.15, -0.1) is 11.3 Å². The molecule has 3 heterocycles. The van der Waals surface area contributed by atoms with Gasteiger partial charge in [0, 0.05) is 24.3 Å².